The van der Waals surface area contributed by atoms with Gasteiger partial charge in [-0.15, -0.1) is 0 Å². The number of Topliss-reactive ketones (excluding diaryl/α,β-unsaturated/α-hetero) is 1. The first-order valence-corrected chi connectivity index (χ1v) is 6.90. The molecule has 0 N–H and O–H groups in total. The Kier molecular flexibility index (Phi) is 4.34. The Hall–Kier alpha value is -1.38. The summed E-state index contributed by atoms with van der Waals surface area (Å²) >= 11 is 0. The molecule has 1 aromatic heterocycles. The van der Waals surface area contributed by atoms with Crippen LogP contribution in [-0.2, 0) is 24.7 Å². The Balaban J connectivity index is 1.94. The largest absolute Gasteiger partial charge is 0.299 e. The van der Waals surface area contributed by atoms with Crippen LogP contribution in [0.3, 0.4) is 0 Å². The molecule has 18 heavy (non-hydrogen) atoms. The van der Waals surface area contributed by atoms with E-state index in [9.17, 15) is 4.79 Å². The molecule has 0 radical (unpaired) electrons. The number of hydrogen-bond donors (Lipinski definition) is 0. The van der Waals surface area contributed by atoms with Crippen molar-refractivity contribution in [2.24, 2.45) is 7.05 Å². The van der Waals surface area contributed by atoms with E-state index in [1.165, 1.54) is 18.4 Å². The van der Waals surface area contributed by atoms with Crippen molar-refractivity contribution in [2.75, 3.05) is 0 Å². The third kappa shape index (κ3) is 3.31. The zero-order valence-electron chi connectivity index (χ0n) is 11.4. The fraction of sp³-hybridized carbons (Fsp3) is 0.600. The van der Waals surface area contributed by atoms with Gasteiger partial charge in [-0.1, -0.05) is 18.6 Å². The van der Waals surface area contributed by atoms with Crippen LogP contribution >= 0.6 is 0 Å². The molecule has 3 heteroatoms. The summed E-state index contributed by atoms with van der Waals surface area (Å²) in [5.74, 6) is 0.314. The van der Waals surface area contributed by atoms with Gasteiger partial charge in [0.25, 0.3) is 0 Å². The molecule has 0 unspecified atom stereocenters. The van der Waals surface area contributed by atoms with E-state index in [1.54, 1.807) is 0 Å². The standard InChI is InChI=1S/C15H22N2O/c1-3-13-10-14(17(2)16-13)11-15(18)9-12-7-5-4-6-8-12/h7,10H,3-6,8-9,11H2,1-2H3. The summed E-state index contributed by atoms with van der Waals surface area (Å²) in [4.78, 5) is 12.0. The van der Waals surface area contributed by atoms with E-state index in [0.29, 0.717) is 18.6 Å². The molecule has 98 valence electrons. The van der Waals surface area contributed by atoms with Gasteiger partial charge >= 0.3 is 0 Å². The monoisotopic (exact) mass is 246 g/mol. The van der Waals surface area contributed by atoms with E-state index >= 15 is 0 Å². The number of rotatable bonds is 5. The Morgan fingerprint density at radius 1 is 1.39 bits per heavy atom. The molecule has 1 aliphatic carbocycles. The van der Waals surface area contributed by atoms with Crippen LogP contribution in [0.5, 0.6) is 0 Å². The van der Waals surface area contributed by atoms with Gasteiger partial charge in [0.15, 0.2) is 0 Å². The summed E-state index contributed by atoms with van der Waals surface area (Å²) in [5.41, 5.74) is 3.44. The maximum atomic E-state index is 12.0. The molecule has 2 rings (SSSR count). The number of aromatic nitrogens is 2. The van der Waals surface area contributed by atoms with E-state index < -0.39 is 0 Å². The van der Waals surface area contributed by atoms with Gasteiger partial charge in [0.2, 0.25) is 0 Å². The maximum absolute atomic E-state index is 12.0. The lowest BCUT2D eigenvalue weighted by Gasteiger charge is -2.11. The topological polar surface area (TPSA) is 34.9 Å². The molecular weight excluding hydrogens is 224 g/mol. The lowest BCUT2D eigenvalue weighted by atomic mass is 9.94. The second-order valence-corrected chi connectivity index (χ2v) is 5.10. The van der Waals surface area contributed by atoms with Crippen LogP contribution in [-0.4, -0.2) is 15.6 Å². The van der Waals surface area contributed by atoms with Crippen molar-refractivity contribution in [3.05, 3.63) is 29.1 Å². The van der Waals surface area contributed by atoms with Crippen LogP contribution in [0, 0.1) is 0 Å². The molecule has 1 heterocycles. The summed E-state index contributed by atoms with van der Waals surface area (Å²) in [6.07, 6.45) is 9.10. The Bertz CT molecular complexity index is 457. The van der Waals surface area contributed by atoms with E-state index in [4.69, 9.17) is 0 Å². The van der Waals surface area contributed by atoms with Gasteiger partial charge in [0.1, 0.15) is 5.78 Å². The molecule has 0 saturated heterocycles. The fourth-order valence-electron chi connectivity index (χ4n) is 2.49. The first-order valence-electron chi connectivity index (χ1n) is 6.90. The van der Waals surface area contributed by atoms with E-state index in [2.05, 4.69) is 18.1 Å². The molecule has 0 fully saturated rings. The molecule has 3 nitrogen and oxygen atoms in total. The van der Waals surface area contributed by atoms with Gasteiger partial charge < -0.3 is 0 Å². The number of aryl methyl sites for hydroxylation is 2. The quantitative estimate of drug-likeness (QED) is 0.749. The van der Waals surface area contributed by atoms with E-state index in [1.807, 2.05) is 17.8 Å². The summed E-state index contributed by atoms with van der Waals surface area (Å²) in [5, 5.41) is 4.38. The number of carbonyl (C=O) groups is 1. The van der Waals surface area contributed by atoms with Gasteiger partial charge in [-0.05, 0) is 38.2 Å². The van der Waals surface area contributed by atoms with Crippen LogP contribution in [0.25, 0.3) is 0 Å². The summed E-state index contributed by atoms with van der Waals surface area (Å²) in [6.45, 7) is 2.08. The third-order valence-electron chi connectivity index (χ3n) is 3.58. The number of nitrogens with zero attached hydrogens (tertiary/aromatic N) is 2. The molecule has 0 amide bonds. The molecule has 1 aliphatic rings. The number of hydrogen-bond acceptors (Lipinski definition) is 2. The number of allylic oxidation sites excluding steroid dienone is 2. The molecule has 0 bridgehead atoms. The Labute approximate surface area is 109 Å². The van der Waals surface area contributed by atoms with Gasteiger partial charge in [-0.3, -0.25) is 9.48 Å². The van der Waals surface area contributed by atoms with Crippen LogP contribution in [0.1, 0.15) is 50.4 Å². The fourth-order valence-corrected chi connectivity index (χ4v) is 2.49. The predicted molar refractivity (Wildman–Crippen MR) is 72.5 cm³/mol. The van der Waals surface area contributed by atoms with Crippen LogP contribution in [0.4, 0.5) is 0 Å². The average molecular weight is 246 g/mol. The minimum Gasteiger partial charge on any atom is -0.299 e. The van der Waals surface area contributed by atoms with Gasteiger partial charge in [-0.25, -0.2) is 0 Å². The normalized spacial score (nSPS) is 15.6. The lowest BCUT2D eigenvalue weighted by molar-refractivity contribution is -0.117. The average Bonchev–Trinajstić information content (AvgIpc) is 2.71. The van der Waals surface area contributed by atoms with Gasteiger partial charge in [0, 0.05) is 25.6 Å². The van der Waals surface area contributed by atoms with E-state index in [0.717, 1.165) is 30.7 Å². The van der Waals surface area contributed by atoms with Gasteiger partial charge in [-0.2, -0.15) is 5.10 Å². The maximum Gasteiger partial charge on any atom is 0.142 e. The number of carbonyl (C=O) groups excluding carboxylic acids is 1. The predicted octanol–water partition coefficient (Wildman–Crippen LogP) is 2.98. The molecule has 0 aromatic carbocycles. The second kappa shape index (κ2) is 5.98. The molecule has 1 aromatic rings. The minimum absolute atomic E-state index is 0.314. The molecular formula is C15H22N2O. The van der Waals surface area contributed by atoms with Crippen molar-refractivity contribution in [3.63, 3.8) is 0 Å². The lowest BCUT2D eigenvalue weighted by Crippen LogP contribution is -2.09. The zero-order valence-corrected chi connectivity index (χ0v) is 11.4. The van der Waals surface area contributed by atoms with Gasteiger partial charge in [0.05, 0.1) is 5.69 Å². The van der Waals surface area contributed by atoms with Crippen LogP contribution in [0.15, 0.2) is 17.7 Å². The van der Waals surface area contributed by atoms with Crippen LogP contribution in [0.2, 0.25) is 0 Å². The molecule has 0 atom stereocenters. The first-order chi connectivity index (χ1) is 8.69. The Morgan fingerprint density at radius 2 is 2.22 bits per heavy atom. The first kappa shape index (κ1) is 13.1. The highest BCUT2D eigenvalue weighted by Crippen LogP contribution is 2.21. The minimum atomic E-state index is 0.314. The van der Waals surface area contributed by atoms with Crippen molar-refractivity contribution in [1.29, 1.82) is 0 Å². The smallest absolute Gasteiger partial charge is 0.142 e. The van der Waals surface area contributed by atoms with Crippen molar-refractivity contribution in [1.82, 2.24) is 9.78 Å². The van der Waals surface area contributed by atoms with Crippen molar-refractivity contribution >= 4 is 5.78 Å². The number of ketones is 1. The third-order valence-corrected chi connectivity index (χ3v) is 3.58. The van der Waals surface area contributed by atoms with Crippen molar-refractivity contribution in [3.8, 4) is 0 Å². The summed E-state index contributed by atoms with van der Waals surface area (Å²) < 4.78 is 1.84. The SMILES string of the molecule is CCc1cc(CC(=O)CC2=CCCCC2)n(C)n1. The van der Waals surface area contributed by atoms with Crippen LogP contribution < -0.4 is 0 Å². The second-order valence-electron chi connectivity index (χ2n) is 5.10. The zero-order chi connectivity index (χ0) is 13.0. The highest BCUT2D eigenvalue weighted by atomic mass is 16.1. The summed E-state index contributed by atoms with van der Waals surface area (Å²) in [7, 11) is 1.92. The molecule has 0 aliphatic heterocycles. The van der Waals surface area contributed by atoms with Crippen molar-refractivity contribution < 1.29 is 4.79 Å². The molecule has 0 saturated carbocycles. The van der Waals surface area contributed by atoms with E-state index in [-0.39, 0.29) is 0 Å². The highest BCUT2D eigenvalue weighted by molar-refractivity contribution is 5.82. The summed E-state index contributed by atoms with van der Waals surface area (Å²) in [6, 6.07) is 2.05. The highest BCUT2D eigenvalue weighted by Gasteiger charge is 2.12. The van der Waals surface area contributed by atoms with Crippen molar-refractivity contribution in [2.45, 2.75) is 51.9 Å². The molecule has 0 spiro atoms. The Morgan fingerprint density at radius 3 is 2.83 bits per heavy atom.